The van der Waals surface area contributed by atoms with Gasteiger partial charge in [-0.05, 0) is 48.4 Å². The quantitative estimate of drug-likeness (QED) is 0.707. The lowest BCUT2D eigenvalue weighted by Crippen LogP contribution is -2.38. The second-order valence-electron chi connectivity index (χ2n) is 7.95. The molecule has 0 spiro atoms. The number of fused-ring (bicyclic) bond motifs is 4. The molecule has 0 amide bonds. The van der Waals surface area contributed by atoms with E-state index in [1.165, 1.54) is 21.9 Å². The van der Waals surface area contributed by atoms with Crippen molar-refractivity contribution in [3.63, 3.8) is 0 Å². The highest BCUT2D eigenvalue weighted by atomic mass is 16.5. The number of rotatable bonds is 4. The molecule has 1 saturated heterocycles. The van der Waals surface area contributed by atoms with E-state index in [0.717, 1.165) is 31.6 Å². The third-order valence-corrected chi connectivity index (χ3v) is 6.60. The first kappa shape index (κ1) is 18.1. The number of pyridine rings is 1. The van der Waals surface area contributed by atoms with Crippen molar-refractivity contribution in [2.24, 2.45) is 5.92 Å². The van der Waals surface area contributed by atoms with E-state index < -0.39 is 0 Å². The second kappa shape index (κ2) is 7.15. The fourth-order valence-corrected chi connectivity index (χ4v) is 5.19. The summed E-state index contributed by atoms with van der Waals surface area (Å²) in [7, 11) is 1.73. The van der Waals surface area contributed by atoms with Gasteiger partial charge in [-0.15, -0.1) is 0 Å². The molecule has 1 aromatic carbocycles. The maximum absolute atomic E-state index is 12.7. The van der Waals surface area contributed by atoms with Crippen molar-refractivity contribution in [3.05, 3.63) is 68.6 Å². The lowest BCUT2D eigenvalue weighted by Gasteiger charge is -2.31. The van der Waals surface area contributed by atoms with Gasteiger partial charge in [0, 0.05) is 37.4 Å². The van der Waals surface area contributed by atoms with E-state index in [2.05, 4.69) is 27.4 Å². The van der Waals surface area contributed by atoms with Crippen molar-refractivity contribution in [3.8, 4) is 5.75 Å². The summed E-state index contributed by atoms with van der Waals surface area (Å²) in [6.07, 6.45) is 5.92. The zero-order valence-electron chi connectivity index (χ0n) is 16.4. The van der Waals surface area contributed by atoms with Crippen LogP contribution in [0, 0.1) is 5.92 Å². The van der Waals surface area contributed by atoms with Crippen molar-refractivity contribution in [2.45, 2.75) is 37.8 Å². The lowest BCUT2D eigenvalue weighted by atomic mass is 9.74. The minimum Gasteiger partial charge on any atom is -0.496 e. The predicted octanol–water partition coefficient (Wildman–Crippen LogP) is 1.80. The molecule has 3 atom stereocenters. The largest absolute Gasteiger partial charge is 0.496 e. The van der Waals surface area contributed by atoms with Crippen molar-refractivity contribution in [1.82, 2.24) is 19.9 Å². The Labute approximate surface area is 167 Å². The summed E-state index contributed by atoms with van der Waals surface area (Å²) in [6.45, 7) is 1.31. The molecule has 2 aliphatic rings. The van der Waals surface area contributed by atoms with Crippen LogP contribution in [0.15, 0.2) is 46.2 Å². The van der Waals surface area contributed by atoms with E-state index in [0.29, 0.717) is 29.3 Å². The molecule has 150 valence electrons. The number of H-pyrrole nitrogens is 1. The first-order valence-electron chi connectivity index (χ1n) is 10.1. The van der Waals surface area contributed by atoms with Gasteiger partial charge in [-0.3, -0.25) is 14.3 Å². The Balaban J connectivity index is 1.38. The van der Waals surface area contributed by atoms with Crippen molar-refractivity contribution >= 4 is 10.9 Å². The molecule has 2 aromatic heterocycles. The van der Waals surface area contributed by atoms with Crippen LogP contribution in [0.25, 0.3) is 10.9 Å². The van der Waals surface area contributed by atoms with Gasteiger partial charge < -0.3 is 15.0 Å². The molecule has 3 heterocycles. The summed E-state index contributed by atoms with van der Waals surface area (Å²) in [5, 5.41) is 4.09. The summed E-state index contributed by atoms with van der Waals surface area (Å²) in [6, 6.07) is 8.25. The van der Waals surface area contributed by atoms with E-state index in [4.69, 9.17) is 4.74 Å². The molecule has 1 aliphatic carbocycles. The average molecular weight is 392 g/mol. The SMILES string of the molecule is COc1cccc2c1CC[C@H]1C(CCn3c(=O)[nH]c4ccncc4c3=O)NC[C@@H]21. The van der Waals surface area contributed by atoms with Gasteiger partial charge in [0.15, 0.2) is 0 Å². The topological polar surface area (TPSA) is 89.0 Å². The number of hydrogen-bond donors (Lipinski definition) is 2. The smallest absolute Gasteiger partial charge is 0.328 e. The van der Waals surface area contributed by atoms with Crippen molar-refractivity contribution < 1.29 is 4.74 Å². The van der Waals surface area contributed by atoms with E-state index in [-0.39, 0.29) is 17.3 Å². The minimum atomic E-state index is -0.359. The van der Waals surface area contributed by atoms with Gasteiger partial charge >= 0.3 is 5.69 Å². The Morgan fingerprint density at radius 2 is 2.17 bits per heavy atom. The molecule has 1 aliphatic heterocycles. The van der Waals surface area contributed by atoms with Gasteiger partial charge in [0.2, 0.25) is 0 Å². The molecule has 29 heavy (non-hydrogen) atoms. The van der Waals surface area contributed by atoms with Crippen LogP contribution in [0.4, 0.5) is 0 Å². The van der Waals surface area contributed by atoms with E-state index in [1.807, 2.05) is 6.07 Å². The van der Waals surface area contributed by atoms with Crippen LogP contribution in [-0.2, 0) is 13.0 Å². The molecule has 1 unspecified atom stereocenters. The van der Waals surface area contributed by atoms with Crippen LogP contribution >= 0.6 is 0 Å². The highest BCUT2D eigenvalue weighted by molar-refractivity contribution is 5.75. The maximum atomic E-state index is 12.7. The molecule has 0 radical (unpaired) electrons. The second-order valence-corrected chi connectivity index (χ2v) is 7.95. The number of ether oxygens (including phenoxy) is 1. The van der Waals surface area contributed by atoms with Crippen molar-refractivity contribution in [2.75, 3.05) is 13.7 Å². The first-order chi connectivity index (χ1) is 14.2. The molecule has 0 bridgehead atoms. The average Bonchev–Trinajstić information content (AvgIpc) is 3.16. The monoisotopic (exact) mass is 392 g/mol. The van der Waals surface area contributed by atoms with Crippen LogP contribution in [0.3, 0.4) is 0 Å². The van der Waals surface area contributed by atoms with Crippen LogP contribution in [0.2, 0.25) is 0 Å². The molecular weight excluding hydrogens is 368 g/mol. The Kier molecular flexibility index (Phi) is 4.47. The maximum Gasteiger partial charge on any atom is 0.328 e. The van der Waals surface area contributed by atoms with Gasteiger partial charge in [0.1, 0.15) is 5.75 Å². The van der Waals surface area contributed by atoms with Crippen LogP contribution in [-0.4, -0.2) is 34.2 Å². The number of nitrogens with one attached hydrogen (secondary N) is 2. The molecule has 2 N–H and O–H groups in total. The zero-order valence-corrected chi connectivity index (χ0v) is 16.4. The van der Waals surface area contributed by atoms with Gasteiger partial charge in [0.25, 0.3) is 5.56 Å². The molecule has 0 saturated carbocycles. The number of nitrogens with zero attached hydrogens (tertiary/aromatic N) is 2. The third-order valence-electron chi connectivity index (χ3n) is 6.60. The fourth-order valence-electron chi connectivity index (χ4n) is 5.19. The number of hydrogen-bond acceptors (Lipinski definition) is 5. The standard InChI is InChI=1S/C22H24N4O3/c1-29-20-4-2-3-13-15(20)6-5-14-16(13)12-24-18(14)8-10-26-21(27)17-11-23-9-7-19(17)25-22(26)28/h2-4,7,9,11,14,16,18,24H,5-6,8,10,12H2,1H3,(H,25,28)/t14-,16+,18?/m1/s1. The molecule has 1 fully saturated rings. The van der Waals surface area contributed by atoms with E-state index in [9.17, 15) is 9.59 Å². The van der Waals surface area contributed by atoms with E-state index >= 15 is 0 Å². The summed E-state index contributed by atoms with van der Waals surface area (Å²) < 4.78 is 6.86. The van der Waals surface area contributed by atoms with Gasteiger partial charge in [-0.25, -0.2) is 4.79 Å². The Morgan fingerprint density at radius 1 is 1.28 bits per heavy atom. The highest BCUT2D eigenvalue weighted by Crippen LogP contribution is 2.44. The zero-order chi connectivity index (χ0) is 20.0. The third kappa shape index (κ3) is 2.97. The first-order valence-corrected chi connectivity index (χ1v) is 10.1. The lowest BCUT2D eigenvalue weighted by molar-refractivity contribution is 0.337. The number of aromatic nitrogens is 3. The van der Waals surface area contributed by atoms with E-state index in [1.54, 1.807) is 19.4 Å². The highest BCUT2D eigenvalue weighted by Gasteiger charge is 2.40. The summed E-state index contributed by atoms with van der Waals surface area (Å²) in [4.78, 5) is 32.0. The van der Waals surface area contributed by atoms with Crippen LogP contribution in [0.5, 0.6) is 5.75 Å². The minimum absolute atomic E-state index is 0.273. The normalized spacial score (nSPS) is 23.0. The molecular formula is C22H24N4O3. The summed E-state index contributed by atoms with van der Waals surface area (Å²) in [5.41, 5.74) is 2.60. The summed E-state index contributed by atoms with van der Waals surface area (Å²) >= 11 is 0. The number of benzene rings is 1. The van der Waals surface area contributed by atoms with Gasteiger partial charge in [-0.2, -0.15) is 0 Å². The number of aromatic amines is 1. The predicted molar refractivity (Wildman–Crippen MR) is 111 cm³/mol. The molecule has 7 heteroatoms. The summed E-state index contributed by atoms with van der Waals surface area (Å²) in [5.74, 6) is 1.94. The number of methoxy groups -OCH3 is 1. The Hall–Kier alpha value is -2.93. The van der Waals surface area contributed by atoms with Gasteiger partial charge in [0.05, 0.1) is 18.0 Å². The Morgan fingerprint density at radius 3 is 3.03 bits per heavy atom. The van der Waals surface area contributed by atoms with Gasteiger partial charge in [-0.1, -0.05) is 12.1 Å². The molecule has 3 aromatic rings. The fraction of sp³-hybridized carbons (Fsp3) is 0.409. The molecule has 5 rings (SSSR count). The molecule has 7 nitrogen and oxygen atoms in total. The van der Waals surface area contributed by atoms with Crippen LogP contribution in [0.1, 0.15) is 29.9 Å². The Bertz CT molecular complexity index is 1180. The van der Waals surface area contributed by atoms with Crippen LogP contribution < -0.4 is 21.3 Å². The van der Waals surface area contributed by atoms with Crippen molar-refractivity contribution in [1.29, 1.82) is 0 Å².